The SMILES string of the molecule is CCCCCCP(=O)(CCCCCC)CN(CCCC)CCCC. The summed E-state index contributed by atoms with van der Waals surface area (Å²) >= 11 is 0. The lowest BCUT2D eigenvalue weighted by Crippen LogP contribution is -2.28. The van der Waals surface area contributed by atoms with Gasteiger partial charge in [0.1, 0.15) is 7.14 Å². The van der Waals surface area contributed by atoms with Gasteiger partial charge in [-0.05, 0) is 38.8 Å². The molecule has 2 nitrogen and oxygen atoms in total. The van der Waals surface area contributed by atoms with Gasteiger partial charge in [-0.1, -0.05) is 79.1 Å². The number of hydrogen-bond acceptors (Lipinski definition) is 2. The molecule has 0 atom stereocenters. The Balaban J connectivity index is 4.60. The molecule has 0 saturated carbocycles. The monoisotopic (exact) mass is 359 g/mol. The van der Waals surface area contributed by atoms with Crippen molar-refractivity contribution in [2.24, 2.45) is 0 Å². The van der Waals surface area contributed by atoms with E-state index in [0.717, 1.165) is 31.7 Å². The number of unbranched alkanes of at least 4 members (excludes halogenated alkanes) is 8. The van der Waals surface area contributed by atoms with Crippen molar-refractivity contribution in [2.75, 3.05) is 31.7 Å². The molecule has 3 heteroatoms. The number of nitrogens with zero attached hydrogens (tertiary/aromatic N) is 1. The van der Waals surface area contributed by atoms with Gasteiger partial charge < -0.3 is 4.57 Å². The minimum absolute atomic E-state index is 0.894. The lowest BCUT2D eigenvalue weighted by atomic mass is 10.2. The van der Waals surface area contributed by atoms with Gasteiger partial charge >= 0.3 is 0 Å². The van der Waals surface area contributed by atoms with Crippen molar-refractivity contribution in [3.63, 3.8) is 0 Å². The van der Waals surface area contributed by atoms with Crippen LogP contribution in [0.1, 0.15) is 105 Å². The van der Waals surface area contributed by atoms with Crippen LogP contribution in [-0.4, -0.2) is 36.6 Å². The van der Waals surface area contributed by atoms with E-state index in [-0.39, 0.29) is 0 Å². The van der Waals surface area contributed by atoms with Crippen molar-refractivity contribution in [3.05, 3.63) is 0 Å². The lowest BCUT2D eigenvalue weighted by Gasteiger charge is -2.28. The highest BCUT2D eigenvalue weighted by Gasteiger charge is 2.24. The average Bonchev–Trinajstić information content (AvgIpc) is 2.58. The van der Waals surface area contributed by atoms with Gasteiger partial charge in [0.15, 0.2) is 0 Å². The third-order valence-corrected chi connectivity index (χ3v) is 8.13. The minimum atomic E-state index is -2.01. The Bertz CT molecular complexity index is 282. The molecular weight excluding hydrogens is 313 g/mol. The fraction of sp³-hybridized carbons (Fsp3) is 1.00. The molecule has 0 spiro atoms. The predicted octanol–water partition coefficient (Wildman–Crippen LogP) is 7.37. The Labute approximate surface area is 153 Å². The van der Waals surface area contributed by atoms with Gasteiger partial charge in [-0.25, -0.2) is 0 Å². The molecule has 0 bridgehead atoms. The smallest absolute Gasteiger partial charge is 0.101 e. The predicted molar refractivity (Wildman–Crippen MR) is 112 cm³/mol. The molecule has 146 valence electrons. The van der Waals surface area contributed by atoms with E-state index in [0.29, 0.717) is 0 Å². The second-order valence-electron chi connectivity index (χ2n) is 7.59. The van der Waals surface area contributed by atoms with Crippen LogP contribution in [0.15, 0.2) is 0 Å². The molecule has 0 aliphatic heterocycles. The standard InChI is InChI=1S/C21H46NOP/c1-5-9-13-15-19-24(23,20-16-14-10-6-2)21-22(17-11-7-3)18-12-8-4/h5-21H2,1-4H3. The normalized spacial score (nSPS) is 12.2. The summed E-state index contributed by atoms with van der Waals surface area (Å²) in [6, 6.07) is 0. The fourth-order valence-corrected chi connectivity index (χ4v) is 6.41. The van der Waals surface area contributed by atoms with Crippen LogP contribution in [-0.2, 0) is 4.57 Å². The number of rotatable bonds is 18. The fourth-order valence-electron chi connectivity index (χ4n) is 3.29. The highest BCUT2D eigenvalue weighted by molar-refractivity contribution is 7.63. The first kappa shape index (κ1) is 24.2. The van der Waals surface area contributed by atoms with Crippen LogP contribution in [0.4, 0.5) is 0 Å². The largest absolute Gasteiger partial charge is 0.322 e. The maximum absolute atomic E-state index is 13.6. The summed E-state index contributed by atoms with van der Waals surface area (Å²) in [5.74, 6) is 0. The van der Waals surface area contributed by atoms with E-state index in [1.54, 1.807) is 0 Å². The molecule has 0 N–H and O–H groups in total. The van der Waals surface area contributed by atoms with E-state index in [1.165, 1.54) is 77.0 Å². The van der Waals surface area contributed by atoms with Crippen LogP contribution in [0.5, 0.6) is 0 Å². The van der Waals surface area contributed by atoms with Gasteiger partial charge in [0.05, 0.1) is 6.29 Å². The van der Waals surface area contributed by atoms with Crippen LogP contribution >= 0.6 is 7.14 Å². The third-order valence-electron chi connectivity index (χ3n) is 4.95. The Morgan fingerprint density at radius 2 is 1.00 bits per heavy atom. The van der Waals surface area contributed by atoms with Crippen molar-refractivity contribution < 1.29 is 4.57 Å². The first-order chi connectivity index (χ1) is 11.6. The summed E-state index contributed by atoms with van der Waals surface area (Å²) in [6.45, 7) is 11.3. The van der Waals surface area contributed by atoms with E-state index >= 15 is 0 Å². The minimum Gasteiger partial charge on any atom is -0.322 e. The molecule has 0 aliphatic rings. The van der Waals surface area contributed by atoms with E-state index in [1.807, 2.05) is 0 Å². The van der Waals surface area contributed by atoms with Crippen LogP contribution in [0.3, 0.4) is 0 Å². The van der Waals surface area contributed by atoms with Crippen molar-refractivity contribution >= 4 is 7.14 Å². The summed E-state index contributed by atoms with van der Waals surface area (Å²) in [4.78, 5) is 2.54. The van der Waals surface area contributed by atoms with Gasteiger partial charge in [-0.3, -0.25) is 4.90 Å². The summed E-state index contributed by atoms with van der Waals surface area (Å²) in [7, 11) is -2.01. The summed E-state index contributed by atoms with van der Waals surface area (Å²) < 4.78 is 13.6. The molecule has 0 heterocycles. The highest BCUT2D eigenvalue weighted by atomic mass is 31.2. The maximum atomic E-state index is 13.6. The second-order valence-corrected chi connectivity index (χ2v) is 10.9. The molecule has 0 amide bonds. The van der Waals surface area contributed by atoms with E-state index in [9.17, 15) is 4.57 Å². The van der Waals surface area contributed by atoms with Gasteiger partial charge in [0, 0.05) is 12.3 Å². The summed E-state index contributed by atoms with van der Waals surface area (Å²) in [5, 5.41) is 0. The molecule has 0 aliphatic carbocycles. The molecule has 0 rings (SSSR count). The zero-order chi connectivity index (χ0) is 18.1. The first-order valence-electron chi connectivity index (χ1n) is 10.9. The van der Waals surface area contributed by atoms with Gasteiger partial charge in [-0.15, -0.1) is 0 Å². The van der Waals surface area contributed by atoms with Crippen molar-refractivity contribution in [1.29, 1.82) is 0 Å². The Hall–Kier alpha value is 0.190. The Morgan fingerprint density at radius 1 is 0.583 bits per heavy atom. The lowest BCUT2D eigenvalue weighted by molar-refractivity contribution is 0.301. The topological polar surface area (TPSA) is 20.3 Å². The molecule has 0 fully saturated rings. The first-order valence-corrected chi connectivity index (χ1v) is 13.2. The maximum Gasteiger partial charge on any atom is 0.101 e. The second kappa shape index (κ2) is 16.6. The molecule has 0 unspecified atom stereocenters. The molecule has 0 aromatic heterocycles. The highest BCUT2D eigenvalue weighted by Crippen LogP contribution is 2.48. The quantitative estimate of drug-likeness (QED) is 0.188. The summed E-state index contributed by atoms with van der Waals surface area (Å²) in [6.07, 6.45) is 17.8. The molecule has 0 aromatic rings. The molecule has 0 aromatic carbocycles. The van der Waals surface area contributed by atoms with Crippen molar-refractivity contribution in [1.82, 2.24) is 4.90 Å². The Morgan fingerprint density at radius 3 is 1.38 bits per heavy atom. The zero-order valence-electron chi connectivity index (χ0n) is 17.3. The van der Waals surface area contributed by atoms with Crippen LogP contribution in [0.25, 0.3) is 0 Å². The molecule has 24 heavy (non-hydrogen) atoms. The molecule has 0 radical (unpaired) electrons. The third kappa shape index (κ3) is 13.5. The van der Waals surface area contributed by atoms with Gasteiger partial charge in [-0.2, -0.15) is 0 Å². The summed E-state index contributed by atoms with van der Waals surface area (Å²) in [5.41, 5.74) is 0. The van der Waals surface area contributed by atoms with Crippen molar-refractivity contribution in [2.45, 2.75) is 105 Å². The van der Waals surface area contributed by atoms with Crippen LogP contribution in [0, 0.1) is 0 Å². The van der Waals surface area contributed by atoms with Gasteiger partial charge in [0.2, 0.25) is 0 Å². The molecule has 0 saturated heterocycles. The Kier molecular flexibility index (Phi) is 16.8. The average molecular weight is 360 g/mol. The zero-order valence-corrected chi connectivity index (χ0v) is 18.2. The van der Waals surface area contributed by atoms with Crippen LogP contribution < -0.4 is 0 Å². The van der Waals surface area contributed by atoms with E-state index in [2.05, 4.69) is 32.6 Å². The van der Waals surface area contributed by atoms with Gasteiger partial charge in [0.25, 0.3) is 0 Å². The number of hydrogen-bond donors (Lipinski definition) is 0. The van der Waals surface area contributed by atoms with Crippen molar-refractivity contribution in [3.8, 4) is 0 Å². The van der Waals surface area contributed by atoms with E-state index in [4.69, 9.17) is 0 Å². The van der Waals surface area contributed by atoms with Crippen LogP contribution in [0.2, 0.25) is 0 Å². The van der Waals surface area contributed by atoms with E-state index < -0.39 is 7.14 Å². The molecular formula is C21H46NOP.